The van der Waals surface area contributed by atoms with Crippen molar-refractivity contribution in [3.63, 3.8) is 0 Å². The number of carbonyl (C=O) groups is 1. The van der Waals surface area contributed by atoms with Gasteiger partial charge in [0.25, 0.3) is 0 Å². The summed E-state index contributed by atoms with van der Waals surface area (Å²) in [4.78, 5) is 11.2. The molecule has 0 radical (unpaired) electrons. The van der Waals surface area contributed by atoms with E-state index in [0.29, 0.717) is 13.2 Å². The first-order valence-electron chi connectivity index (χ1n) is 4.81. The molecule has 0 bridgehead atoms. The lowest BCUT2D eigenvalue weighted by atomic mass is 10.4. The molecule has 0 spiro atoms. The van der Waals surface area contributed by atoms with Crippen LogP contribution in [0, 0.1) is 0 Å². The molecule has 0 aliphatic heterocycles. The second kappa shape index (κ2) is 5.11. The predicted molar refractivity (Wildman–Crippen MR) is 56.6 cm³/mol. The number of carbonyl (C=O) groups excluding carboxylic acids is 1. The van der Waals surface area contributed by atoms with Crippen molar-refractivity contribution in [2.45, 2.75) is 24.8 Å². The number of esters is 1. The summed E-state index contributed by atoms with van der Waals surface area (Å²) in [6, 6.07) is 0. The minimum atomic E-state index is -3.23. The van der Waals surface area contributed by atoms with E-state index in [-0.39, 0.29) is 17.3 Å². The van der Waals surface area contributed by atoms with Crippen LogP contribution in [0.25, 0.3) is 0 Å². The molecule has 0 saturated heterocycles. The largest absolute Gasteiger partial charge is 0.466 e. The van der Waals surface area contributed by atoms with Gasteiger partial charge in [-0.15, -0.1) is 0 Å². The number of ether oxygens (including phenoxy) is 1. The first kappa shape index (κ1) is 12.7. The molecule has 7 heteroatoms. The van der Waals surface area contributed by atoms with E-state index in [1.807, 2.05) is 0 Å². The number of hydrogen-bond acceptors (Lipinski definition) is 5. The monoisotopic (exact) mass is 246 g/mol. The molecule has 1 aromatic rings. The maximum atomic E-state index is 11.1. The molecule has 0 amide bonds. The van der Waals surface area contributed by atoms with Crippen LogP contribution < -0.4 is 0 Å². The number of sulfone groups is 1. The summed E-state index contributed by atoms with van der Waals surface area (Å²) in [7, 11) is -3.23. The lowest BCUT2D eigenvalue weighted by Gasteiger charge is -2.01. The van der Waals surface area contributed by atoms with Crippen molar-refractivity contribution in [3.05, 3.63) is 12.4 Å². The van der Waals surface area contributed by atoms with Gasteiger partial charge >= 0.3 is 5.97 Å². The summed E-state index contributed by atoms with van der Waals surface area (Å²) in [6.45, 7) is 2.38. The molecule has 0 atom stereocenters. The Morgan fingerprint density at radius 3 is 2.75 bits per heavy atom. The fraction of sp³-hybridized carbons (Fsp3) is 0.556. The first-order chi connectivity index (χ1) is 7.43. The molecular weight excluding hydrogens is 232 g/mol. The van der Waals surface area contributed by atoms with Crippen LogP contribution in [0.4, 0.5) is 0 Å². The van der Waals surface area contributed by atoms with Gasteiger partial charge in [0.2, 0.25) is 0 Å². The van der Waals surface area contributed by atoms with Gasteiger partial charge in [-0.1, -0.05) is 0 Å². The number of aryl methyl sites for hydroxylation is 1. The van der Waals surface area contributed by atoms with Gasteiger partial charge < -0.3 is 4.74 Å². The third kappa shape index (κ3) is 3.65. The van der Waals surface area contributed by atoms with E-state index in [4.69, 9.17) is 4.74 Å². The van der Waals surface area contributed by atoms with Crippen molar-refractivity contribution >= 4 is 15.8 Å². The molecule has 1 aromatic heterocycles. The molecule has 0 N–H and O–H groups in total. The van der Waals surface area contributed by atoms with Crippen molar-refractivity contribution in [2.75, 3.05) is 12.9 Å². The molecular formula is C9H14N2O4S. The third-order valence-electron chi connectivity index (χ3n) is 1.89. The number of nitrogens with zero attached hydrogens (tertiary/aromatic N) is 2. The molecule has 1 rings (SSSR count). The number of rotatable bonds is 5. The van der Waals surface area contributed by atoms with Gasteiger partial charge in [-0.05, 0) is 6.92 Å². The maximum absolute atomic E-state index is 11.1. The fourth-order valence-corrected chi connectivity index (χ4v) is 1.65. The van der Waals surface area contributed by atoms with Crippen molar-refractivity contribution in [2.24, 2.45) is 0 Å². The molecule has 0 saturated carbocycles. The van der Waals surface area contributed by atoms with Gasteiger partial charge in [0.05, 0.1) is 25.8 Å². The highest BCUT2D eigenvalue weighted by molar-refractivity contribution is 7.90. The Hall–Kier alpha value is -1.37. The summed E-state index contributed by atoms with van der Waals surface area (Å²) in [5.74, 6) is -0.320. The van der Waals surface area contributed by atoms with E-state index in [9.17, 15) is 13.2 Å². The van der Waals surface area contributed by atoms with Crippen LogP contribution in [0.15, 0.2) is 17.3 Å². The number of aromatic nitrogens is 2. The maximum Gasteiger partial charge on any atom is 0.307 e. The molecule has 0 unspecified atom stereocenters. The minimum Gasteiger partial charge on any atom is -0.466 e. The molecule has 1 heterocycles. The zero-order valence-electron chi connectivity index (χ0n) is 9.21. The molecule has 16 heavy (non-hydrogen) atoms. The topological polar surface area (TPSA) is 78.3 Å². The van der Waals surface area contributed by atoms with Crippen LogP contribution in [0.5, 0.6) is 0 Å². The molecule has 6 nitrogen and oxygen atoms in total. The zero-order chi connectivity index (χ0) is 12.2. The first-order valence-corrected chi connectivity index (χ1v) is 6.70. The quantitative estimate of drug-likeness (QED) is 0.695. The molecule has 90 valence electrons. The van der Waals surface area contributed by atoms with Crippen LogP contribution in [0.1, 0.15) is 13.3 Å². The molecule has 0 aliphatic carbocycles. The Balaban J connectivity index is 2.57. The van der Waals surface area contributed by atoms with E-state index in [1.54, 1.807) is 6.92 Å². The second-order valence-electron chi connectivity index (χ2n) is 3.27. The summed E-state index contributed by atoms with van der Waals surface area (Å²) >= 11 is 0. The predicted octanol–water partition coefficient (Wildman–Crippen LogP) is 0.240. The molecule has 0 aromatic carbocycles. The van der Waals surface area contributed by atoms with Crippen LogP contribution in [-0.4, -0.2) is 37.0 Å². The van der Waals surface area contributed by atoms with Crippen LogP contribution in [0.3, 0.4) is 0 Å². The van der Waals surface area contributed by atoms with Gasteiger partial charge in [0, 0.05) is 12.5 Å². The van der Waals surface area contributed by atoms with E-state index in [1.165, 1.54) is 17.1 Å². The smallest absolute Gasteiger partial charge is 0.307 e. The standard InChI is InChI=1S/C9H14N2O4S/c1-3-15-9(12)4-5-11-7-8(6-10-11)16(2,13)14/h6-7H,3-5H2,1-2H3. The molecule has 0 fully saturated rings. The van der Waals surface area contributed by atoms with E-state index in [2.05, 4.69) is 5.10 Å². The van der Waals surface area contributed by atoms with Crippen molar-refractivity contribution < 1.29 is 17.9 Å². The Morgan fingerprint density at radius 1 is 1.56 bits per heavy atom. The van der Waals surface area contributed by atoms with Crippen molar-refractivity contribution in [1.82, 2.24) is 9.78 Å². The summed E-state index contributed by atoms with van der Waals surface area (Å²) in [6.07, 6.45) is 3.95. The highest BCUT2D eigenvalue weighted by Crippen LogP contribution is 2.06. The van der Waals surface area contributed by atoms with E-state index < -0.39 is 9.84 Å². The van der Waals surface area contributed by atoms with Crippen LogP contribution in [-0.2, 0) is 25.9 Å². The Bertz CT molecular complexity index is 464. The van der Waals surface area contributed by atoms with E-state index >= 15 is 0 Å². The lowest BCUT2D eigenvalue weighted by molar-refractivity contribution is -0.143. The number of hydrogen-bond donors (Lipinski definition) is 0. The Labute approximate surface area is 94.1 Å². The highest BCUT2D eigenvalue weighted by atomic mass is 32.2. The van der Waals surface area contributed by atoms with Gasteiger partial charge in [-0.2, -0.15) is 5.10 Å². The van der Waals surface area contributed by atoms with Crippen LogP contribution in [0.2, 0.25) is 0 Å². The minimum absolute atomic E-state index is 0.149. The second-order valence-corrected chi connectivity index (χ2v) is 5.28. The van der Waals surface area contributed by atoms with Crippen LogP contribution >= 0.6 is 0 Å². The SMILES string of the molecule is CCOC(=O)CCn1cc(S(C)(=O)=O)cn1. The van der Waals surface area contributed by atoms with Gasteiger partial charge in [-0.3, -0.25) is 9.48 Å². The van der Waals surface area contributed by atoms with Crippen molar-refractivity contribution in [1.29, 1.82) is 0 Å². The molecule has 0 aliphatic rings. The Kier molecular flexibility index (Phi) is 4.05. The van der Waals surface area contributed by atoms with Gasteiger partial charge in [0.1, 0.15) is 4.90 Å². The zero-order valence-corrected chi connectivity index (χ0v) is 10.0. The fourth-order valence-electron chi connectivity index (χ4n) is 1.10. The normalized spacial score (nSPS) is 11.4. The Morgan fingerprint density at radius 2 is 2.25 bits per heavy atom. The third-order valence-corrected chi connectivity index (χ3v) is 2.96. The summed E-state index contributed by atoms with van der Waals surface area (Å²) in [5, 5.41) is 3.84. The average molecular weight is 246 g/mol. The van der Waals surface area contributed by atoms with Crippen molar-refractivity contribution in [3.8, 4) is 0 Å². The van der Waals surface area contributed by atoms with Gasteiger partial charge in [-0.25, -0.2) is 8.42 Å². The van der Waals surface area contributed by atoms with E-state index in [0.717, 1.165) is 6.26 Å². The average Bonchev–Trinajstić information content (AvgIpc) is 2.63. The highest BCUT2D eigenvalue weighted by Gasteiger charge is 2.10. The summed E-state index contributed by atoms with van der Waals surface area (Å²) in [5.41, 5.74) is 0. The lowest BCUT2D eigenvalue weighted by Crippen LogP contribution is -2.09. The van der Waals surface area contributed by atoms with Gasteiger partial charge in [0.15, 0.2) is 9.84 Å². The summed E-state index contributed by atoms with van der Waals surface area (Å²) < 4.78 is 28.4.